The lowest BCUT2D eigenvalue weighted by Gasteiger charge is -2.61. The summed E-state index contributed by atoms with van der Waals surface area (Å²) in [4.78, 5) is 94.0. The summed E-state index contributed by atoms with van der Waals surface area (Å²) in [6.45, 7) is 11.5. The zero-order chi connectivity index (χ0) is 76.2. The molecule has 592 valence electrons. The number of fused-ring (bicyclic) bond motifs is 5. The van der Waals surface area contributed by atoms with Gasteiger partial charge in [0.2, 0.25) is 11.8 Å². The van der Waals surface area contributed by atoms with Crippen LogP contribution in [0.1, 0.15) is 255 Å². The van der Waals surface area contributed by atoms with Crippen molar-refractivity contribution in [2.24, 2.45) is 46.3 Å². The van der Waals surface area contributed by atoms with Crippen molar-refractivity contribution in [3.05, 3.63) is 156 Å². The predicted molar refractivity (Wildman–Crippen MR) is 416 cm³/mol. The van der Waals surface area contributed by atoms with Gasteiger partial charge in [-0.25, -0.2) is 24.0 Å². The average Bonchev–Trinajstić information content (AvgIpc) is 1.38. The number of ether oxygens (including phenoxy) is 9. The summed E-state index contributed by atoms with van der Waals surface area (Å²) in [5.41, 5.74) is 1.37. The minimum Gasteiger partial charge on any atom is -0.459 e. The number of carbonyl (C=O) groups excluding carboxylic acids is 7. The molecule has 14 atom stereocenters. The molecule has 3 amide bonds. The Bertz CT molecular complexity index is 3360. The number of benzene rings is 4. The molecule has 0 spiro atoms. The molecule has 3 N–H and O–H groups in total. The number of esters is 4. The quantitative estimate of drug-likeness (QED) is 0.0161. The van der Waals surface area contributed by atoms with Crippen LogP contribution in [-0.2, 0) is 52.2 Å². The highest BCUT2D eigenvalue weighted by Crippen LogP contribution is 2.68. The summed E-state index contributed by atoms with van der Waals surface area (Å²) in [5.74, 6) is 0.849. The van der Waals surface area contributed by atoms with Crippen molar-refractivity contribution in [1.29, 1.82) is 0 Å². The Balaban J connectivity index is 0.618. The molecule has 4 saturated carbocycles. The molecule has 9 rings (SSSR count). The van der Waals surface area contributed by atoms with Gasteiger partial charge >= 0.3 is 30.0 Å². The van der Waals surface area contributed by atoms with Crippen LogP contribution in [0.2, 0.25) is 0 Å². The lowest BCUT2D eigenvalue weighted by atomic mass is 9.44. The Hall–Kier alpha value is -7.45. The van der Waals surface area contributed by atoms with Crippen molar-refractivity contribution in [2.45, 2.75) is 251 Å². The number of alkyl carbamates (subject to hydrolysis) is 1. The number of hydrogen-bond acceptors (Lipinski definition) is 16. The van der Waals surface area contributed by atoms with Gasteiger partial charge in [-0.1, -0.05) is 177 Å². The highest BCUT2D eigenvalue weighted by molar-refractivity contribution is 5.92. The summed E-state index contributed by atoms with van der Waals surface area (Å²) in [7, 11) is 0. The fraction of sp³-hybridized carbons (Fsp3) is 0.629. The number of amides is 3. The van der Waals surface area contributed by atoms with Crippen LogP contribution in [0.15, 0.2) is 133 Å². The van der Waals surface area contributed by atoms with E-state index in [1.807, 2.05) is 0 Å². The largest absolute Gasteiger partial charge is 0.459 e. The highest BCUT2D eigenvalue weighted by Gasteiger charge is 2.61. The molecule has 19 nitrogen and oxygen atoms in total. The van der Waals surface area contributed by atoms with Crippen LogP contribution < -0.4 is 16.0 Å². The minimum atomic E-state index is -1.57. The summed E-state index contributed by atoms with van der Waals surface area (Å²) in [6.07, 6.45) is 29.9. The fourth-order valence-electron chi connectivity index (χ4n) is 18.1. The Kier molecular flexibility index (Phi) is 35.7. The summed E-state index contributed by atoms with van der Waals surface area (Å²) >= 11 is 0. The van der Waals surface area contributed by atoms with E-state index in [4.69, 9.17) is 42.6 Å². The SMILES string of the molecule is CCCCCCCC/C=C\CCCCCCCCNC(=O)O[C@@H]1CC[C@@]2(C)C(CCC3C2CC[C@@]2(C)C3CC[C@@H]2[C@H](C)CCC(=O)NCCCCCC(=O)NCCOCCOCCO[C@H]2OC(COC(=O)c3ccccc3)[C@@H](OC(=O)c3ccccc3)[C@H](OC(=O)c3ccccc3)C2OC(=O)c2ccccc2)C1. The van der Waals surface area contributed by atoms with E-state index in [2.05, 4.69) is 55.8 Å². The molecule has 108 heavy (non-hydrogen) atoms. The second-order valence-electron chi connectivity index (χ2n) is 31.4. The lowest BCUT2D eigenvalue weighted by Crippen LogP contribution is -2.63. The van der Waals surface area contributed by atoms with Gasteiger partial charge in [0.25, 0.3) is 0 Å². The van der Waals surface area contributed by atoms with Crippen molar-refractivity contribution in [3.8, 4) is 0 Å². The second-order valence-corrected chi connectivity index (χ2v) is 31.4. The van der Waals surface area contributed by atoms with Crippen LogP contribution in [0.5, 0.6) is 0 Å². The van der Waals surface area contributed by atoms with Gasteiger partial charge in [-0.2, -0.15) is 0 Å². The van der Waals surface area contributed by atoms with Gasteiger partial charge in [-0.15, -0.1) is 0 Å². The summed E-state index contributed by atoms with van der Waals surface area (Å²) in [5, 5.41) is 9.16. The fourth-order valence-corrected chi connectivity index (χ4v) is 18.1. The Labute approximate surface area is 642 Å². The normalized spacial score (nSPS) is 25.3. The van der Waals surface area contributed by atoms with Crippen LogP contribution in [-0.4, -0.2) is 138 Å². The van der Waals surface area contributed by atoms with Gasteiger partial charge in [0.1, 0.15) is 18.8 Å². The maximum Gasteiger partial charge on any atom is 0.407 e. The average molecular weight is 1490 g/mol. The molecule has 4 aliphatic carbocycles. The summed E-state index contributed by atoms with van der Waals surface area (Å²) < 4.78 is 54.5. The Morgan fingerprint density at radius 2 is 0.981 bits per heavy atom. The molecule has 0 aromatic heterocycles. The first kappa shape index (κ1) is 84.6. The van der Waals surface area contributed by atoms with E-state index < -0.39 is 61.2 Å². The van der Waals surface area contributed by atoms with Crippen molar-refractivity contribution in [3.63, 3.8) is 0 Å². The smallest absolute Gasteiger partial charge is 0.407 e. The third kappa shape index (κ3) is 26.1. The number of unbranched alkanes of at least 4 members (excludes halogenated alkanes) is 14. The first-order valence-electron chi connectivity index (χ1n) is 41.2. The van der Waals surface area contributed by atoms with E-state index in [9.17, 15) is 33.6 Å². The molecule has 1 saturated heterocycles. The third-order valence-corrected chi connectivity index (χ3v) is 24.0. The van der Waals surface area contributed by atoms with Crippen LogP contribution in [0, 0.1) is 46.3 Å². The van der Waals surface area contributed by atoms with E-state index in [1.165, 1.54) is 116 Å². The number of carbonyl (C=O) groups is 7. The minimum absolute atomic E-state index is 0.0154. The highest BCUT2D eigenvalue weighted by atomic mass is 16.7. The van der Waals surface area contributed by atoms with E-state index in [0.717, 1.165) is 69.1 Å². The molecule has 4 aromatic rings. The van der Waals surface area contributed by atoms with Gasteiger partial charge in [0.15, 0.2) is 24.6 Å². The molecular weight excluding hydrogens is 1370 g/mol. The molecule has 0 radical (unpaired) electrons. The van der Waals surface area contributed by atoms with Gasteiger partial charge in [0, 0.05) is 32.5 Å². The third-order valence-electron chi connectivity index (χ3n) is 24.0. The number of rotatable bonds is 46. The molecule has 1 heterocycles. The Morgan fingerprint density at radius 3 is 1.60 bits per heavy atom. The van der Waals surface area contributed by atoms with Gasteiger partial charge < -0.3 is 58.6 Å². The molecule has 19 heteroatoms. The number of nitrogens with one attached hydrogen (secondary N) is 3. The molecule has 6 unspecified atom stereocenters. The van der Waals surface area contributed by atoms with Crippen LogP contribution in [0.4, 0.5) is 4.79 Å². The van der Waals surface area contributed by atoms with Gasteiger partial charge in [0.05, 0.1) is 55.3 Å². The van der Waals surface area contributed by atoms with Crippen LogP contribution in [0.25, 0.3) is 0 Å². The van der Waals surface area contributed by atoms with Crippen molar-refractivity contribution in [2.75, 3.05) is 59.3 Å². The maximum atomic E-state index is 14.0. The van der Waals surface area contributed by atoms with Gasteiger partial charge in [-0.3, -0.25) is 9.59 Å². The zero-order valence-electron chi connectivity index (χ0n) is 65.0. The predicted octanol–water partition coefficient (Wildman–Crippen LogP) is 17.3. The molecule has 0 bridgehead atoms. The van der Waals surface area contributed by atoms with E-state index in [0.29, 0.717) is 67.5 Å². The molecular formula is C89H125N3O16. The van der Waals surface area contributed by atoms with Crippen molar-refractivity contribution < 1.29 is 76.2 Å². The zero-order valence-corrected chi connectivity index (χ0v) is 65.0. The first-order valence-corrected chi connectivity index (χ1v) is 41.2. The Morgan fingerprint density at radius 1 is 0.481 bits per heavy atom. The lowest BCUT2D eigenvalue weighted by molar-refractivity contribution is -0.300. The monoisotopic (exact) mass is 1490 g/mol. The topological polar surface area (TPSA) is 239 Å². The molecule has 5 aliphatic rings. The maximum absolute atomic E-state index is 14.0. The van der Waals surface area contributed by atoms with Crippen molar-refractivity contribution >= 4 is 41.8 Å². The molecule has 5 fully saturated rings. The number of allylic oxidation sites excluding steroid dienone is 2. The number of hydrogen-bond donors (Lipinski definition) is 3. The van der Waals surface area contributed by atoms with E-state index in [1.54, 1.807) is 121 Å². The standard InChI is InChI=1S/C89H125N3O16/c1-5-6-7-8-9-10-11-12-13-14-15-16-17-18-19-34-56-92-87(99)104-71-51-53-88(3)70(63-71)46-47-72-74-49-48-73(89(74,4)54-52-75(72)88)65(2)45-50-78(94)90-55-35-24-33-44-77(93)91-57-58-100-59-60-101-61-62-102-86-81(108-85(98)69-42-31-23-32-43-69)80(107-84(97)68-40-29-22-30-41-68)79(106-83(96)67-38-27-21-28-39-67)76(105-86)64-103-82(95)66-36-25-20-26-37-66/h12-13,20-23,25-32,36-43,65,70-76,79-81,86H,5-11,14-19,24,33-35,44-64H2,1-4H3,(H,90,94)(H,91,93)(H,92,99)/b13-12-/t65-,70?,71-,72?,73-,74?,75?,76?,79-,80+,81?,86+,88+,89-/m1/s1. The molecule has 4 aromatic carbocycles. The first-order chi connectivity index (χ1) is 52.6. The van der Waals surface area contributed by atoms with Crippen molar-refractivity contribution in [1.82, 2.24) is 16.0 Å². The summed E-state index contributed by atoms with van der Waals surface area (Å²) in [6, 6.07) is 32.7. The van der Waals surface area contributed by atoms with E-state index in [-0.39, 0.29) is 79.3 Å². The van der Waals surface area contributed by atoms with E-state index >= 15 is 0 Å². The van der Waals surface area contributed by atoms with Crippen LogP contribution in [0.3, 0.4) is 0 Å². The van der Waals surface area contributed by atoms with Crippen LogP contribution >= 0.6 is 0 Å². The molecule has 1 aliphatic heterocycles. The van der Waals surface area contributed by atoms with Gasteiger partial charge in [-0.05, 0) is 204 Å². The second kappa shape index (κ2) is 45.6.